The van der Waals surface area contributed by atoms with Gasteiger partial charge in [0.05, 0.1) is 7.11 Å². The van der Waals surface area contributed by atoms with Crippen molar-refractivity contribution in [1.82, 2.24) is 15.2 Å². The monoisotopic (exact) mass is 277 g/mol. The molecule has 0 saturated carbocycles. The molecule has 1 unspecified atom stereocenters. The molecule has 0 bridgehead atoms. The van der Waals surface area contributed by atoms with E-state index in [1.807, 2.05) is 24.0 Å². The Morgan fingerprint density at radius 2 is 2.30 bits per heavy atom. The molecule has 1 aliphatic rings. The topological polar surface area (TPSA) is 54.5 Å². The number of aromatic nitrogens is 1. The van der Waals surface area contributed by atoms with Crippen molar-refractivity contribution in [3.05, 3.63) is 23.4 Å². The summed E-state index contributed by atoms with van der Waals surface area (Å²) in [6, 6.07) is 4.19. The lowest BCUT2D eigenvalue weighted by Crippen LogP contribution is -2.47. The number of carbonyl (C=O) groups is 1. The number of ether oxygens (including phenoxy) is 1. The standard InChI is InChI=1S/C15H23N3O2/c1-11-7-8-13(14(17-11)20-3)10-16-15(19)18-9-5-4-6-12(18)2/h7-8,12H,4-6,9-10H2,1-3H3,(H,16,19). The third-order valence-electron chi connectivity index (χ3n) is 3.77. The molecule has 1 saturated heterocycles. The third-order valence-corrected chi connectivity index (χ3v) is 3.77. The van der Waals surface area contributed by atoms with E-state index in [-0.39, 0.29) is 6.03 Å². The maximum absolute atomic E-state index is 12.2. The SMILES string of the molecule is COc1nc(C)ccc1CNC(=O)N1CCCCC1C. The summed E-state index contributed by atoms with van der Waals surface area (Å²) in [6.45, 7) is 5.31. The molecule has 20 heavy (non-hydrogen) atoms. The van der Waals surface area contributed by atoms with Gasteiger partial charge in [0.25, 0.3) is 0 Å². The number of aryl methyl sites for hydroxylation is 1. The van der Waals surface area contributed by atoms with Crippen molar-refractivity contribution in [2.24, 2.45) is 0 Å². The van der Waals surface area contributed by atoms with Crippen molar-refractivity contribution >= 4 is 6.03 Å². The second-order valence-electron chi connectivity index (χ2n) is 5.32. The highest BCUT2D eigenvalue weighted by Crippen LogP contribution is 2.18. The zero-order valence-corrected chi connectivity index (χ0v) is 12.5. The molecule has 1 N–H and O–H groups in total. The lowest BCUT2D eigenvalue weighted by atomic mass is 10.0. The van der Waals surface area contributed by atoms with Crippen LogP contribution in [0.4, 0.5) is 4.79 Å². The van der Waals surface area contributed by atoms with Crippen LogP contribution in [0.25, 0.3) is 0 Å². The summed E-state index contributed by atoms with van der Waals surface area (Å²) in [6.07, 6.45) is 3.39. The highest BCUT2D eigenvalue weighted by atomic mass is 16.5. The van der Waals surface area contributed by atoms with Crippen molar-refractivity contribution in [3.8, 4) is 5.88 Å². The molecule has 1 atom stereocenters. The van der Waals surface area contributed by atoms with E-state index < -0.39 is 0 Å². The third kappa shape index (κ3) is 3.40. The highest BCUT2D eigenvalue weighted by Gasteiger charge is 2.22. The lowest BCUT2D eigenvalue weighted by molar-refractivity contribution is 0.157. The summed E-state index contributed by atoms with van der Waals surface area (Å²) in [5.41, 5.74) is 1.80. The largest absolute Gasteiger partial charge is 0.481 e. The number of nitrogens with zero attached hydrogens (tertiary/aromatic N) is 2. The van der Waals surface area contributed by atoms with E-state index in [9.17, 15) is 4.79 Å². The predicted octanol–water partition coefficient (Wildman–Crippen LogP) is 2.48. The Hall–Kier alpha value is -1.78. The molecule has 5 heteroatoms. The van der Waals surface area contributed by atoms with Crippen LogP contribution in [-0.4, -0.2) is 35.6 Å². The molecule has 1 aromatic rings. The Morgan fingerprint density at radius 3 is 3.00 bits per heavy atom. The fourth-order valence-electron chi connectivity index (χ4n) is 2.55. The van der Waals surface area contributed by atoms with Crippen LogP contribution < -0.4 is 10.1 Å². The molecule has 0 aliphatic carbocycles. The molecule has 0 aromatic carbocycles. The molecular formula is C15H23N3O2. The zero-order chi connectivity index (χ0) is 14.5. The van der Waals surface area contributed by atoms with E-state index in [4.69, 9.17) is 4.74 Å². The van der Waals surface area contributed by atoms with E-state index in [0.717, 1.165) is 30.6 Å². The van der Waals surface area contributed by atoms with Crippen LogP contribution in [0.2, 0.25) is 0 Å². The molecule has 110 valence electrons. The molecular weight excluding hydrogens is 254 g/mol. The molecule has 0 radical (unpaired) electrons. The van der Waals surface area contributed by atoms with Gasteiger partial charge in [-0.1, -0.05) is 6.07 Å². The van der Waals surface area contributed by atoms with E-state index in [2.05, 4.69) is 17.2 Å². The number of nitrogens with one attached hydrogen (secondary N) is 1. The minimum atomic E-state index is -0.000159. The van der Waals surface area contributed by atoms with E-state index in [1.54, 1.807) is 7.11 Å². The van der Waals surface area contributed by atoms with Crippen LogP contribution in [-0.2, 0) is 6.54 Å². The second-order valence-corrected chi connectivity index (χ2v) is 5.32. The number of piperidine rings is 1. The number of pyridine rings is 1. The number of hydrogen-bond donors (Lipinski definition) is 1. The first-order valence-corrected chi connectivity index (χ1v) is 7.17. The van der Waals surface area contributed by atoms with Gasteiger partial charge in [-0.05, 0) is 39.2 Å². The number of carbonyl (C=O) groups excluding carboxylic acids is 1. The quantitative estimate of drug-likeness (QED) is 0.923. The van der Waals surface area contributed by atoms with Crippen molar-refractivity contribution < 1.29 is 9.53 Å². The van der Waals surface area contributed by atoms with Crippen LogP contribution in [0, 0.1) is 6.92 Å². The second kappa shape index (κ2) is 6.59. The van der Waals surface area contributed by atoms with Gasteiger partial charge in [-0.25, -0.2) is 9.78 Å². The van der Waals surface area contributed by atoms with E-state index in [0.29, 0.717) is 18.5 Å². The normalized spacial score (nSPS) is 18.8. The summed E-state index contributed by atoms with van der Waals surface area (Å²) >= 11 is 0. The fourth-order valence-corrected chi connectivity index (χ4v) is 2.55. The summed E-state index contributed by atoms with van der Waals surface area (Å²) in [7, 11) is 1.60. The fraction of sp³-hybridized carbons (Fsp3) is 0.600. The van der Waals surface area contributed by atoms with E-state index >= 15 is 0 Å². The van der Waals surface area contributed by atoms with Gasteiger partial charge in [0.1, 0.15) is 0 Å². The van der Waals surface area contributed by atoms with Gasteiger partial charge >= 0.3 is 6.03 Å². The van der Waals surface area contributed by atoms with Crippen molar-refractivity contribution in [1.29, 1.82) is 0 Å². The molecule has 1 fully saturated rings. The minimum Gasteiger partial charge on any atom is -0.481 e. The average molecular weight is 277 g/mol. The minimum absolute atomic E-state index is 0.000159. The van der Waals surface area contributed by atoms with Gasteiger partial charge in [0, 0.05) is 30.4 Å². The number of rotatable bonds is 3. The molecule has 2 amide bonds. The first-order valence-electron chi connectivity index (χ1n) is 7.17. The number of methoxy groups -OCH3 is 1. The van der Waals surface area contributed by atoms with Gasteiger partial charge in [0.15, 0.2) is 0 Å². The summed E-state index contributed by atoms with van der Waals surface area (Å²) in [5, 5.41) is 2.96. The van der Waals surface area contributed by atoms with Gasteiger partial charge in [-0.2, -0.15) is 0 Å². The van der Waals surface area contributed by atoms with Crippen LogP contribution in [0.1, 0.15) is 37.4 Å². The smallest absolute Gasteiger partial charge is 0.317 e. The Morgan fingerprint density at radius 1 is 1.50 bits per heavy atom. The number of urea groups is 1. The van der Waals surface area contributed by atoms with Crippen molar-refractivity contribution in [2.45, 2.75) is 45.7 Å². The Bertz CT molecular complexity index is 476. The Labute approximate surface area is 120 Å². The number of amides is 2. The number of hydrogen-bond acceptors (Lipinski definition) is 3. The lowest BCUT2D eigenvalue weighted by Gasteiger charge is -2.33. The summed E-state index contributed by atoms with van der Waals surface area (Å²) in [4.78, 5) is 18.4. The summed E-state index contributed by atoms with van der Waals surface area (Å²) in [5.74, 6) is 0.581. The van der Waals surface area contributed by atoms with Gasteiger partial charge < -0.3 is 15.0 Å². The van der Waals surface area contributed by atoms with Crippen LogP contribution in [0.5, 0.6) is 5.88 Å². The van der Waals surface area contributed by atoms with Crippen molar-refractivity contribution in [3.63, 3.8) is 0 Å². The van der Waals surface area contributed by atoms with Crippen LogP contribution in [0.15, 0.2) is 12.1 Å². The zero-order valence-electron chi connectivity index (χ0n) is 12.5. The highest BCUT2D eigenvalue weighted by molar-refractivity contribution is 5.74. The molecule has 2 heterocycles. The van der Waals surface area contributed by atoms with E-state index in [1.165, 1.54) is 6.42 Å². The van der Waals surface area contributed by atoms with Crippen LogP contribution >= 0.6 is 0 Å². The first kappa shape index (κ1) is 14.6. The molecule has 0 spiro atoms. The van der Waals surface area contributed by atoms with Gasteiger partial charge in [0.2, 0.25) is 5.88 Å². The number of likely N-dealkylation sites (tertiary alicyclic amines) is 1. The van der Waals surface area contributed by atoms with Crippen LogP contribution in [0.3, 0.4) is 0 Å². The Kier molecular flexibility index (Phi) is 4.82. The van der Waals surface area contributed by atoms with Crippen molar-refractivity contribution in [2.75, 3.05) is 13.7 Å². The maximum atomic E-state index is 12.2. The summed E-state index contributed by atoms with van der Waals surface area (Å²) < 4.78 is 5.25. The molecule has 2 rings (SSSR count). The van der Waals surface area contributed by atoms with Gasteiger partial charge in [-0.3, -0.25) is 0 Å². The molecule has 1 aromatic heterocycles. The predicted molar refractivity (Wildman–Crippen MR) is 77.8 cm³/mol. The van der Waals surface area contributed by atoms with Gasteiger partial charge in [-0.15, -0.1) is 0 Å². The molecule has 1 aliphatic heterocycles. The first-order chi connectivity index (χ1) is 9.61. The maximum Gasteiger partial charge on any atom is 0.317 e. The average Bonchev–Trinajstić information content (AvgIpc) is 2.46. The Balaban J connectivity index is 1.96. The molecule has 5 nitrogen and oxygen atoms in total.